The van der Waals surface area contributed by atoms with Crippen molar-refractivity contribution >= 4 is 11.9 Å². The van der Waals surface area contributed by atoms with E-state index in [9.17, 15) is 9.59 Å². The van der Waals surface area contributed by atoms with Crippen LogP contribution in [-0.4, -0.2) is 35.2 Å². The Labute approximate surface area is 157 Å². The molecule has 0 aromatic heterocycles. The first-order valence-corrected chi connectivity index (χ1v) is 10.2. The normalized spacial score (nSPS) is 22.2. The van der Waals surface area contributed by atoms with Crippen LogP contribution in [0.3, 0.4) is 0 Å². The van der Waals surface area contributed by atoms with Crippen LogP contribution in [0.1, 0.15) is 89.9 Å². The van der Waals surface area contributed by atoms with Gasteiger partial charge in [-0.1, -0.05) is 51.4 Å². The maximum atomic E-state index is 10.7. The van der Waals surface area contributed by atoms with Crippen molar-refractivity contribution < 1.29 is 19.8 Å². The second-order valence-corrected chi connectivity index (χ2v) is 8.38. The molecule has 6 heteroatoms. The van der Waals surface area contributed by atoms with Gasteiger partial charge in [0.15, 0.2) is 0 Å². The first-order chi connectivity index (χ1) is 12.4. The van der Waals surface area contributed by atoms with E-state index >= 15 is 0 Å². The Morgan fingerprint density at radius 2 is 0.885 bits per heavy atom. The average Bonchev–Trinajstić information content (AvgIpc) is 2.96. The van der Waals surface area contributed by atoms with E-state index in [1.54, 1.807) is 0 Å². The lowest BCUT2D eigenvalue weighted by Gasteiger charge is -2.29. The molecule has 2 aliphatic rings. The third-order valence-electron chi connectivity index (χ3n) is 6.25. The van der Waals surface area contributed by atoms with Crippen LogP contribution in [0.15, 0.2) is 0 Å². The number of carboxylic acids is 2. The summed E-state index contributed by atoms with van der Waals surface area (Å²) in [6, 6.07) is 0. The summed E-state index contributed by atoms with van der Waals surface area (Å²) in [5.74, 6) is -1.40. The van der Waals surface area contributed by atoms with Gasteiger partial charge in [0.25, 0.3) is 0 Å². The summed E-state index contributed by atoms with van der Waals surface area (Å²) >= 11 is 0. The summed E-state index contributed by atoms with van der Waals surface area (Å²) in [7, 11) is 0. The molecule has 2 rings (SSSR count). The van der Waals surface area contributed by atoms with Crippen molar-refractivity contribution in [1.29, 1.82) is 0 Å². The van der Waals surface area contributed by atoms with Gasteiger partial charge >= 0.3 is 11.9 Å². The molecule has 152 valence electrons. The van der Waals surface area contributed by atoms with E-state index in [2.05, 4.69) is 0 Å². The van der Waals surface area contributed by atoms with Gasteiger partial charge in [-0.3, -0.25) is 9.59 Å². The van der Waals surface area contributed by atoms with Gasteiger partial charge in [-0.25, -0.2) is 0 Å². The van der Waals surface area contributed by atoms with Crippen molar-refractivity contribution in [2.24, 2.45) is 22.3 Å². The van der Waals surface area contributed by atoms with Crippen LogP contribution in [-0.2, 0) is 9.59 Å². The number of aliphatic carboxylic acids is 2. The lowest BCUT2D eigenvalue weighted by Crippen LogP contribution is -2.32. The summed E-state index contributed by atoms with van der Waals surface area (Å²) in [6.45, 7) is 1.05. The molecule has 0 unspecified atom stereocenters. The quantitative estimate of drug-likeness (QED) is 0.530. The van der Waals surface area contributed by atoms with Crippen molar-refractivity contribution in [2.45, 2.75) is 89.9 Å². The molecule has 0 radical (unpaired) electrons. The molecule has 0 saturated heterocycles. The Morgan fingerprint density at radius 3 is 1.08 bits per heavy atom. The minimum Gasteiger partial charge on any atom is -0.481 e. The first kappa shape index (κ1) is 22.9. The average molecular weight is 371 g/mol. The Morgan fingerprint density at radius 1 is 0.615 bits per heavy atom. The van der Waals surface area contributed by atoms with Gasteiger partial charge in [0.05, 0.1) is 12.8 Å². The highest BCUT2D eigenvalue weighted by molar-refractivity contribution is 5.68. The molecule has 2 saturated carbocycles. The van der Waals surface area contributed by atoms with Gasteiger partial charge in [-0.2, -0.15) is 0 Å². The molecule has 6 nitrogen and oxygen atoms in total. The van der Waals surface area contributed by atoms with E-state index < -0.39 is 11.9 Å². The zero-order chi connectivity index (χ0) is 19.5. The third kappa shape index (κ3) is 8.04. The Hall–Kier alpha value is -1.14. The molecule has 6 N–H and O–H groups in total. The Bertz CT molecular complexity index is 384. The van der Waals surface area contributed by atoms with Gasteiger partial charge in [0.2, 0.25) is 0 Å². The lowest BCUT2D eigenvalue weighted by molar-refractivity contribution is -0.141. The molecular weight excluding hydrogens is 332 g/mol. The second-order valence-electron chi connectivity index (χ2n) is 8.38. The standard InChI is InChI=1S/2C10H19NO2/c2*11-8-10(7-9(12)13)5-3-1-2-4-6-10/h2*1-8,11H2,(H,12,13). The largest absolute Gasteiger partial charge is 0.481 e. The maximum absolute atomic E-state index is 10.7. The number of carboxylic acid groups (broad SMARTS) is 2. The number of carbonyl (C=O) groups is 2. The molecule has 2 aliphatic carbocycles. The van der Waals surface area contributed by atoms with Crippen LogP contribution in [0.25, 0.3) is 0 Å². The van der Waals surface area contributed by atoms with Crippen molar-refractivity contribution in [3.8, 4) is 0 Å². The van der Waals surface area contributed by atoms with Crippen LogP contribution in [0.4, 0.5) is 0 Å². The predicted octanol–water partition coefficient (Wildman–Crippen LogP) is 3.52. The van der Waals surface area contributed by atoms with E-state index in [1.165, 1.54) is 25.7 Å². The summed E-state index contributed by atoms with van der Waals surface area (Å²) < 4.78 is 0. The summed E-state index contributed by atoms with van der Waals surface area (Å²) in [5.41, 5.74) is 11.2. The zero-order valence-electron chi connectivity index (χ0n) is 16.2. The van der Waals surface area contributed by atoms with E-state index in [4.69, 9.17) is 21.7 Å². The van der Waals surface area contributed by atoms with Gasteiger partial charge in [-0.15, -0.1) is 0 Å². The molecule has 0 bridgehead atoms. The second kappa shape index (κ2) is 11.5. The van der Waals surface area contributed by atoms with Crippen LogP contribution in [0, 0.1) is 10.8 Å². The molecular formula is C20H38N2O4. The minimum atomic E-state index is -0.702. The lowest BCUT2D eigenvalue weighted by atomic mass is 9.77. The van der Waals surface area contributed by atoms with E-state index in [0.29, 0.717) is 13.1 Å². The molecule has 0 atom stereocenters. The SMILES string of the molecule is NCC1(CC(=O)O)CCCCCC1.NCC1(CC(=O)O)CCCCCC1. The van der Waals surface area contributed by atoms with Gasteiger partial charge < -0.3 is 21.7 Å². The molecule has 2 fully saturated rings. The van der Waals surface area contributed by atoms with E-state index in [0.717, 1.165) is 51.4 Å². The van der Waals surface area contributed by atoms with Crippen molar-refractivity contribution in [2.75, 3.05) is 13.1 Å². The van der Waals surface area contributed by atoms with Crippen molar-refractivity contribution in [3.63, 3.8) is 0 Å². The molecule has 0 heterocycles. The maximum Gasteiger partial charge on any atom is 0.303 e. The monoisotopic (exact) mass is 370 g/mol. The van der Waals surface area contributed by atoms with E-state index in [1.807, 2.05) is 0 Å². The first-order valence-electron chi connectivity index (χ1n) is 10.2. The molecule has 0 amide bonds. The highest BCUT2D eigenvalue weighted by Gasteiger charge is 2.32. The Balaban J connectivity index is 0.000000260. The molecule has 0 aliphatic heterocycles. The van der Waals surface area contributed by atoms with Crippen molar-refractivity contribution in [1.82, 2.24) is 0 Å². The number of rotatable bonds is 6. The topological polar surface area (TPSA) is 127 Å². The number of nitrogens with two attached hydrogens (primary N) is 2. The van der Waals surface area contributed by atoms with Crippen molar-refractivity contribution in [3.05, 3.63) is 0 Å². The molecule has 0 spiro atoms. The molecule has 0 aromatic rings. The highest BCUT2D eigenvalue weighted by Crippen LogP contribution is 2.37. The summed E-state index contributed by atoms with van der Waals surface area (Å²) in [5, 5.41) is 17.6. The fraction of sp³-hybridized carbons (Fsp3) is 0.900. The number of hydrogen-bond acceptors (Lipinski definition) is 4. The van der Waals surface area contributed by atoms with Gasteiger partial charge in [0, 0.05) is 0 Å². The fourth-order valence-corrected chi connectivity index (χ4v) is 4.50. The highest BCUT2D eigenvalue weighted by atomic mass is 16.4. The van der Waals surface area contributed by atoms with Crippen LogP contribution in [0.5, 0.6) is 0 Å². The third-order valence-corrected chi connectivity index (χ3v) is 6.25. The summed E-state index contributed by atoms with van der Waals surface area (Å²) in [6.07, 6.45) is 14.0. The fourth-order valence-electron chi connectivity index (χ4n) is 4.50. The Kier molecular flexibility index (Phi) is 10.2. The minimum absolute atomic E-state index is 0.0949. The molecule has 26 heavy (non-hydrogen) atoms. The molecule has 0 aromatic carbocycles. The van der Waals surface area contributed by atoms with E-state index in [-0.39, 0.29) is 23.7 Å². The zero-order valence-corrected chi connectivity index (χ0v) is 16.2. The number of hydrogen-bond donors (Lipinski definition) is 4. The van der Waals surface area contributed by atoms with Gasteiger partial charge in [-0.05, 0) is 49.6 Å². The predicted molar refractivity (Wildman–Crippen MR) is 103 cm³/mol. The smallest absolute Gasteiger partial charge is 0.303 e. The van der Waals surface area contributed by atoms with Crippen LogP contribution >= 0.6 is 0 Å². The van der Waals surface area contributed by atoms with Crippen LogP contribution < -0.4 is 11.5 Å². The van der Waals surface area contributed by atoms with Gasteiger partial charge in [0.1, 0.15) is 0 Å². The van der Waals surface area contributed by atoms with Crippen LogP contribution in [0.2, 0.25) is 0 Å². The summed E-state index contributed by atoms with van der Waals surface area (Å²) in [4.78, 5) is 21.4.